The van der Waals surface area contributed by atoms with Gasteiger partial charge >= 0.3 is 0 Å². The zero-order valence-electron chi connectivity index (χ0n) is 11.7. The molecule has 0 amide bonds. The third-order valence-electron chi connectivity index (χ3n) is 3.80. The van der Waals surface area contributed by atoms with E-state index in [-0.39, 0.29) is 0 Å². The minimum Gasteiger partial charge on any atom is -0.490 e. The zero-order valence-corrected chi connectivity index (χ0v) is 11.7. The highest BCUT2D eigenvalue weighted by molar-refractivity contribution is 5.50. The van der Waals surface area contributed by atoms with Gasteiger partial charge in [0.15, 0.2) is 11.6 Å². The highest BCUT2D eigenvalue weighted by Gasteiger charge is 2.34. The van der Waals surface area contributed by atoms with Crippen molar-refractivity contribution in [1.82, 2.24) is 4.98 Å². The lowest BCUT2D eigenvalue weighted by atomic mass is 9.87. The predicted octanol–water partition coefficient (Wildman–Crippen LogP) is 3.86. The Hall–Kier alpha value is -1.25. The van der Waals surface area contributed by atoms with Crippen molar-refractivity contribution in [3.05, 3.63) is 18.3 Å². The maximum absolute atomic E-state index is 5.74. The second kappa shape index (κ2) is 5.59. The molecule has 1 saturated carbocycles. The topological polar surface area (TPSA) is 34.1 Å². The van der Waals surface area contributed by atoms with Crippen molar-refractivity contribution in [1.29, 1.82) is 0 Å². The Bertz CT molecular complexity index is 390. The molecule has 1 unspecified atom stereocenters. The number of nitrogens with zero attached hydrogens (tertiary/aromatic N) is 1. The standard InChI is InChI=1S/C15H24N2O/c1-4-11-18-12-7-6-10-16-14(12)17-13-8-5-9-15(13,2)3/h6-7,10,13H,4-5,8-9,11H2,1-3H3,(H,16,17). The van der Waals surface area contributed by atoms with E-state index in [9.17, 15) is 0 Å². The summed E-state index contributed by atoms with van der Waals surface area (Å²) in [7, 11) is 0. The first-order valence-corrected chi connectivity index (χ1v) is 6.98. The van der Waals surface area contributed by atoms with Crippen molar-refractivity contribution in [2.75, 3.05) is 11.9 Å². The molecule has 18 heavy (non-hydrogen) atoms. The van der Waals surface area contributed by atoms with Crippen LogP contribution in [0.2, 0.25) is 0 Å². The first-order chi connectivity index (χ1) is 8.63. The lowest BCUT2D eigenvalue weighted by molar-refractivity contribution is 0.314. The van der Waals surface area contributed by atoms with Crippen LogP contribution in [0, 0.1) is 5.41 Å². The van der Waals surface area contributed by atoms with Gasteiger partial charge in [0, 0.05) is 12.2 Å². The van der Waals surface area contributed by atoms with E-state index in [1.165, 1.54) is 19.3 Å². The molecule has 1 aromatic heterocycles. The molecule has 1 aromatic rings. The minimum atomic E-state index is 0.347. The van der Waals surface area contributed by atoms with Crippen molar-refractivity contribution in [3.8, 4) is 5.75 Å². The highest BCUT2D eigenvalue weighted by atomic mass is 16.5. The number of ether oxygens (including phenoxy) is 1. The summed E-state index contributed by atoms with van der Waals surface area (Å²) in [5.74, 6) is 1.77. The molecular formula is C15H24N2O. The number of aromatic nitrogens is 1. The summed E-state index contributed by atoms with van der Waals surface area (Å²) in [4.78, 5) is 4.42. The Morgan fingerprint density at radius 1 is 1.50 bits per heavy atom. The van der Waals surface area contributed by atoms with Gasteiger partial charge in [-0.1, -0.05) is 27.2 Å². The Balaban J connectivity index is 2.08. The highest BCUT2D eigenvalue weighted by Crippen LogP contribution is 2.39. The van der Waals surface area contributed by atoms with Crippen molar-refractivity contribution < 1.29 is 4.74 Å². The van der Waals surface area contributed by atoms with Gasteiger partial charge in [-0.15, -0.1) is 0 Å². The number of nitrogens with one attached hydrogen (secondary N) is 1. The minimum absolute atomic E-state index is 0.347. The smallest absolute Gasteiger partial charge is 0.168 e. The van der Waals surface area contributed by atoms with Crippen LogP contribution in [0.3, 0.4) is 0 Å². The van der Waals surface area contributed by atoms with Gasteiger partial charge in [0.05, 0.1) is 6.61 Å². The van der Waals surface area contributed by atoms with E-state index in [0.717, 1.165) is 24.6 Å². The van der Waals surface area contributed by atoms with Crippen LogP contribution in [0.15, 0.2) is 18.3 Å². The third kappa shape index (κ3) is 2.95. The second-order valence-electron chi connectivity index (χ2n) is 5.78. The maximum atomic E-state index is 5.74. The SMILES string of the molecule is CCCOc1cccnc1NC1CCCC1(C)C. The van der Waals surface area contributed by atoms with Gasteiger partial charge in [-0.3, -0.25) is 0 Å². The van der Waals surface area contributed by atoms with Gasteiger partial charge in [-0.25, -0.2) is 4.98 Å². The van der Waals surface area contributed by atoms with Crippen LogP contribution in [0.4, 0.5) is 5.82 Å². The third-order valence-corrected chi connectivity index (χ3v) is 3.80. The van der Waals surface area contributed by atoms with Gasteiger partial charge < -0.3 is 10.1 Å². The molecule has 1 N–H and O–H groups in total. The normalized spacial score (nSPS) is 21.8. The fourth-order valence-electron chi connectivity index (χ4n) is 2.59. The molecule has 1 atom stereocenters. The summed E-state index contributed by atoms with van der Waals surface area (Å²) in [6, 6.07) is 4.42. The van der Waals surface area contributed by atoms with Gasteiger partial charge in [-0.05, 0) is 36.8 Å². The first kappa shape index (κ1) is 13.2. The molecule has 0 bridgehead atoms. The van der Waals surface area contributed by atoms with E-state index in [1.54, 1.807) is 0 Å². The lowest BCUT2D eigenvalue weighted by Crippen LogP contribution is -2.31. The van der Waals surface area contributed by atoms with Crippen LogP contribution in [0.1, 0.15) is 46.5 Å². The Morgan fingerprint density at radius 2 is 2.33 bits per heavy atom. The van der Waals surface area contributed by atoms with Crippen LogP contribution >= 0.6 is 0 Å². The molecule has 0 aliphatic heterocycles. The average molecular weight is 248 g/mol. The van der Waals surface area contributed by atoms with Crippen LogP contribution in [-0.2, 0) is 0 Å². The first-order valence-electron chi connectivity index (χ1n) is 6.98. The van der Waals surface area contributed by atoms with E-state index in [0.29, 0.717) is 11.5 Å². The second-order valence-corrected chi connectivity index (χ2v) is 5.78. The summed E-state index contributed by atoms with van der Waals surface area (Å²) in [6.07, 6.45) is 6.63. The van der Waals surface area contributed by atoms with Crippen molar-refractivity contribution in [3.63, 3.8) is 0 Å². The quantitative estimate of drug-likeness (QED) is 0.859. The van der Waals surface area contributed by atoms with E-state index < -0.39 is 0 Å². The molecule has 1 heterocycles. The molecule has 3 nitrogen and oxygen atoms in total. The molecule has 0 spiro atoms. The molecule has 2 rings (SSSR count). The molecule has 100 valence electrons. The van der Waals surface area contributed by atoms with Crippen LogP contribution in [-0.4, -0.2) is 17.6 Å². The van der Waals surface area contributed by atoms with Crippen LogP contribution < -0.4 is 10.1 Å². The number of pyridine rings is 1. The molecule has 0 aromatic carbocycles. The lowest BCUT2D eigenvalue weighted by Gasteiger charge is -2.28. The predicted molar refractivity (Wildman–Crippen MR) is 75.1 cm³/mol. The monoisotopic (exact) mass is 248 g/mol. The summed E-state index contributed by atoms with van der Waals surface area (Å²) < 4.78 is 5.74. The molecule has 0 radical (unpaired) electrons. The van der Waals surface area contributed by atoms with Gasteiger partial charge in [0.2, 0.25) is 0 Å². The number of hydrogen-bond acceptors (Lipinski definition) is 3. The van der Waals surface area contributed by atoms with Gasteiger partial charge in [-0.2, -0.15) is 0 Å². The number of hydrogen-bond donors (Lipinski definition) is 1. The largest absolute Gasteiger partial charge is 0.490 e. The molecule has 1 aliphatic carbocycles. The van der Waals surface area contributed by atoms with Crippen LogP contribution in [0.5, 0.6) is 5.75 Å². The Kier molecular flexibility index (Phi) is 4.10. The van der Waals surface area contributed by atoms with Crippen molar-refractivity contribution in [2.24, 2.45) is 5.41 Å². The summed E-state index contributed by atoms with van der Waals surface area (Å²) in [6.45, 7) is 7.51. The average Bonchev–Trinajstić information content (AvgIpc) is 2.68. The van der Waals surface area contributed by atoms with Crippen molar-refractivity contribution >= 4 is 5.82 Å². The molecule has 1 aliphatic rings. The summed E-state index contributed by atoms with van der Waals surface area (Å²) in [5.41, 5.74) is 0.347. The molecular weight excluding hydrogens is 224 g/mol. The van der Waals surface area contributed by atoms with E-state index >= 15 is 0 Å². The summed E-state index contributed by atoms with van der Waals surface area (Å²) in [5, 5.41) is 3.57. The van der Waals surface area contributed by atoms with Gasteiger partial charge in [0.1, 0.15) is 0 Å². The zero-order chi connectivity index (χ0) is 13.0. The van der Waals surface area contributed by atoms with Crippen LogP contribution in [0.25, 0.3) is 0 Å². The van der Waals surface area contributed by atoms with Gasteiger partial charge in [0.25, 0.3) is 0 Å². The fourth-order valence-corrected chi connectivity index (χ4v) is 2.59. The summed E-state index contributed by atoms with van der Waals surface area (Å²) >= 11 is 0. The molecule has 0 saturated heterocycles. The number of anilines is 1. The van der Waals surface area contributed by atoms with Crippen molar-refractivity contribution in [2.45, 2.75) is 52.5 Å². The van der Waals surface area contributed by atoms with E-state index in [4.69, 9.17) is 4.74 Å². The Labute approximate surface area is 110 Å². The maximum Gasteiger partial charge on any atom is 0.168 e. The Morgan fingerprint density at radius 3 is 3.00 bits per heavy atom. The molecule has 1 fully saturated rings. The van der Waals surface area contributed by atoms with E-state index in [2.05, 4.69) is 31.1 Å². The number of rotatable bonds is 5. The molecule has 3 heteroatoms. The fraction of sp³-hybridized carbons (Fsp3) is 0.667. The van der Waals surface area contributed by atoms with E-state index in [1.807, 2.05) is 18.3 Å².